The van der Waals surface area contributed by atoms with Gasteiger partial charge in [0.25, 0.3) is 0 Å². The Morgan fingerprint density at radius 1 is 1.00 bits per heavy atom. The van der Waals surface area contributed by atoms with Crippen LogP contribution >= 0.6 is 11.8 Å². The molecule has 124 valence electrons. The highest BCUT2D eigenvalue weighted by Crippen LogP contribution is 2.28. The van der Waals surface area contributed by atoms with Crippen molar-refractivity contribution in [1.29, 1.82) is 0 Å². The fourth-order valence-electron chi connectivity index (χ4n) is 3.33. The molecule has 0 N–H and O–H groups in total. The predicted molar refractivity (Wildman–Crippen MR) is 93.3 cm³/mol. The number of hydrogen-bond donors (Lipinski definition) is 0. The van der Waals surface area contributed by atoms with E-state index in [1.54, 1.807) is 4.90 Å². The number of piperidine rings is 1. The van der Waals surface area contributed by atoms with Crippen LogP contribution in [0.25, 0.3) is 0 Å². The molecule has 23 heavy (non-hydrogen) atoms. The number of benzene rings is 1. The quantitative estimate of drug-likeness (QED) is 0.854. The van der Waals surface area contributed by atoms with Gasteiger partial charge in [0.15, 0.2) is 0 Å². The molecule has 2 fully saturated rings. The van der Waals surface area contributed by atoms with Gasteiger partial charge in [0.2, 0.25) is 11.8 Å². The molecule has 0 bridgehead atoms. The van der Waals surface area contributed by atoms with Crippen LogP contribution in [-0.2, 0) is 9.59 Å². The Bertz CT molecular complexity index is 541. The first-order valence-corrected chi connectivity index (χ1v) is 9.64. The Labute approximate surface area is 142 Å². The van der Waals surface area contributed by atoms with E-state index in [4.69, 9.17) is 0 Å². The summed E-state index contributed by atoms with van der Waals surface area (Å²) in [7, 11) is 0. The molecule has 1 atom stereocenters. The number of carbonyl (C=O) groups excluding carboxylic acids is 2. The van der Waals surface area contributed by atoms with Gasteiger partial charge >= 0.3 is 0 Å². The third-order valence-electron chi connectivity index (χ3n) is 4.55. The second kappa shape index (κ2) is 7.86. The molecule has 1 aromatic rings. The average Bonchev–Trinajstić information content (AvgIpc) is 2.87. The second-order valence-electron chi connectivity index (χ2n) is 6.15. The lowest BCUT2D eigenvalue weighted by molar-refractivity contribution is -0.147. The van der Waals surface area contributed by atoms with Crippen LogP contribution in [0.4, 0.5) is 0 Å². The standard InChI is InChI=1S/C18H24N2O2S/c21-16-9-4-5-11-20(16)17(15-7-2-1-3-8-15)18(22)19-10-6-13-23-14-12-19/h1-3,7-8,17H,4-6,9-14H2/t17-/m0/s1. The van der Waals surface area contributed by atoms with Crippen molar-refractivity contribution in [3.8, 4) is 0 Å². The number of hydrogen-bond acceptors (Lipinski definition) is 3. The van der Waals surface area contributed by atoms with Crippen molar-refractivity contribution >= 4 is 23.6 Å². The molecule has 0 spiro atoms. The zero-order valence-corrected chi connectivity index (χ0v) is 14.3. The first kappa shape index (κ1) is 16.4. The first-order valence-electron chi connectivity index (χ1n) is 8.48. The van der Waals surface area contributed by atoms with Crippen molar-refractivity contribution in [3.05, 3.63) is 35.9 Å². The first-order chi connectivity index (χ1) is 11.3. The number of likely N-dealkylation sites (tertiary alicyclic amines) is 1. The minimum Gasteiger partial charge on any atom is -0.340 e. The molecule has 2 aliphatic heterocycles. The lowest BCUT2D eigenvalue weighted by atomic mass is 10.00. The Kier molecular flexibility index (Phi) is 5.60. The van der Waals surface area contributed by atoms with Crippen molar-refractivity contribution in [2.75, 3.05) is 31.1 Å². The van der Waals surface area contributed by atoms with Crippen molar-refractivity contribution in [2.24, 2.45) is 0 Å². The van der Waals surface area contributed by atoms with E-state index in [-0.39, 0.29) is 11.8 Å². The van der Waals surface area contributed by atoms with E-state index in [1.807, 2.05) is 47.0 Å². The fraction of sp³-hybridized carbons (Fsp3) is 0.556. The van der Waals surface area contributed by atoms with Crippen molar-refractivity contribution < 1.29 is 9.59 Å². The predicted octanol–water partition coefficient (Wildman–Crippen LogP) is 2.71. The second-order valence-corrected chi connectivity index (χ2v) is 7.37. The molecular formula is C18H24N2O2S. The summed E-state index contributed by atoms with van der Waals surface area (Å²) in [6, 6.07) is 9.33. The van der Waals surface area contributed by atoms with Crippen LogP contribution in [0.15, 0.2) is 30.3 Å². The van der Waals surface area contributed by atoms with Gasteiger partial charge in [-0.05, 0) is 30.6 Å². The summed E-state index contributed by atoms with van der Waals surface area (Å²) in [6.07, 6.45) is 3.52. The van der Waals surface area contributed by atoms with E-state index < -0.39 is 6.04 Å². The zero-order chi connectivity index (χ0) is 16.1. The summed E-state index contributed by atoms with van der Waals surface area (Å²) < 4.78 is 0. The molecule has 0 aliphatic carbocycles. The normalized spacial score (nSPS) is 21.0. The van der Waals surface area contributed by atoms with Gasteiger partial charge < -0.3 is 9.80 Å². The van der Waals surface area contributed by atoms with Gasteiger partial charge in [-0.2, -0.15) is 11.8 Å². The maximum absolute atomic E-state index is 13.2. The minimum atomic E-state index is -0.452. The molecule has 0 unspecified atom stereocenters. The van der Waals surface area contributed by atoms with Crippen LogP contribution in [0.2, 0.25) is 0 Å². The Hall–Kier alpha value is -1.49. The van der Waals surface area contributed by atoms with Crippen LogP contribution in [0, 0.1) is 0 Å². The van der Waals surface area contributed by atoms with Crippen LogP contribution < -0.4 is 0 Å². The van der Waals surface area contributed by atoms with Crippen LogP contribution in [0.1, 0.15) is 37.3 Å². The molecule has 0 radical (unpaired) electrons. The molecule has 0 saturated carbocycles. The van der Waals surface area contributed by atoms with Crippen LogP contribution in [-0.4, -0.2) is 52.8 Å². The number of thioether (sulfide) groups is 1. The molecule has 1 aromatic carbocycles. The molecular weight excluding hydrogens is 308 g/mol. The largest absolute Gasteiger partial charge is 0.340 e. The van der Waals surface area contributed by atoms with Crippen LogP contribution in [0.5, 0.6) is 0 Å². The van der Waals surface area contributed by atoms with Gasteiger partial charge in [0.1, 0.15) is 6.04 Å². The highest BCUT2D eigenvalue weighted by molar-refractivity contribution is 7.99. The smallest absolute Gasteiger partial charge is 0.250 e. The van der Waals surface area contributed by atoms with Gasteiger partial charge in [-0.15, -0.1) is 0 Å². The molecule has 2 aliphatic rings. The van der Waals surface area contributed by atoms with E-state index in [2.05, 4.69) is 0 Å². The van der Waals surface area contributed by atoms with Crippen molar-refractivity contribution in [3.63, 3.8) is 0 Å². The van der Waals surface area contributed by atoms with E-state index in [1.165, 1.54) is 0 Å². The van der Waals surface area contributed by atoms with Gasteiger partial charge in [-0.1, -0.05) is 30.3 Å². The van der Waals surface area contributed by atoms with Gasteiger partial charge in [0, 0.05) is 31.8 Å². The van der Waals surface area contributed by atoms with Crippen molar-refractivity contribution in [1.82, 2.24) is 9.80 Å². The summed E-state index contributed by atoms with van der Waals surface area (Å²) >= 11 is 1.91. The number of carbonyl (C=O) groups is 2. The van der Waals surface area contributed by atoms with E-state index in [0.29, 0.717) is 13.0 Å². The number of nitrogens with zero attached hydrogens (tertiary/aromatic N) is 2. The molecule has 2 saturated heterocycles. The summed E-state index contributed by atoms with van der Waals surface area (Å²) in [5.74, 6) is 2.31. The lowest BCUT2D eigenvalue weighted by Gasteiger charge is -2.36. The number of amides is 2. The lowest BCUT2D eigenvalue weighted by Crippen LogP contribution is -2.47. The van der Waals surface area contributed by atoms with E-state index in [9.17, 15) is 9.59 Å². The molecule has 5 heteroatoms. The summed E-state index contributed by atoms with van der Waals surface area (Å²) in [4.78, 5) is 29.4. The summed E-state index contributed by atoms with van der Waals surface area (Å²) in [6.45, 7) is 2.28. The van der Waals surface area contributed by atoms with Crippen LogP contribution in [0.3, 0.4) is 0 Å². The van der Waals surface area contributed by atoms with Gasteiger partial charge in [-0.3, -0.25) is 9.59 Å². The SMILES string of the molecule is O=C([C@H](c1ccccc1)N1CCCCC1=O)N1CCCSCC1. The summed E-state index contributed by atoms with van der Waals surface area (Å²) in [5, 5.41) is 0. The van der Waals surface area contributed by atoms with Gasteiger partial charge in [0.05, 0.1) is 0 Å². The molecule has 0 aromatic heterocycles. The zero-order valence-electron chi connectivity index (χ0n) is 13.4. The topological polar surface area (TPSA) is 40.6 Å². The summed E-state index contributed by atoms with van der Waals surface area (Å²) in [5.41, 5.74) is 0.935. The number of rotatable bonds is 3. The average molecular weight is 332 g/mol. The fourth-order valence-corrected chi connectivity index (χ4v) is 4.22. The van der Waals surface area contributed by atoms with E-state index in [0.717, 1.165) is 49.4 Å². The third-order valence-corrected chi connectivity index (χ3v) is 5.60. The highest BCUT2D eigenvalue weighted by Gasteiger charge is 2.35. The monoisotopic (exact) mass is 332 g/mol. The molecule has 2 amide bonds. The molecule has 4 nitrogen and oxygen atoms in total. The van der Waals surface area contributed by atoms with Crippen molar-refractivity contribution in [2.45, 2.75) is 31.7 Å². The van der Waals surface area contributed by atoms with Gasteiger partial charge in [-0.25, -0.2) is 0 Å². The maximum atomic E-state index is 13.2. The van der Waals surface area contributed by atoms with E-state index >= 15 is 0 Å². The Balaban J connectivity index is 1.87. The minimum absolute atomic E-state index is 0.0916. The maximum Gasteiger partial charge on any atom is 0.250 e. The highest BCUT2D eigenvalue weighted by atomic mass is 32.2. The molecule has 3 rings (SSSR count). The Morgan fingerprint density at radius 2 is 1.83 bits per heavy atom. The molecule has 2 heterocycles. The third kappa shape index (κ3) is 3.89. The Morgan fingerprint density at radius 3 is 2.61 bits per heavy atom.